The van der Waals surface area contributed by atoms with E-state index >= 15 is 0 Å². The van der Waals surface area contributed by atoms with Gasteiger partial charge in [-0.1, -0.05) is 44.1 Å². The first-order valence-electron chi connectivity index (χ1n) is 12.1. The molecular formula is C26H39NO. The van der Waals surface area contributed by atoms with Crippen molar-refractivity contribution >= 4 is 5.78 Å². The first-order valence-corrected chi connectivity index (χ1v) is 12.1. The van der Waals surface area contributed by atoms with Crippen molar-refractivity contribution in [3.63, 3.8) is 0 Å². The summed E-state index contributed by atoms with van der Waals surface area (Å²) in [5.41, 5.74) is 4.05. The van der Waals surface area contributed by atoms with E-state index in [4.69, 9.17) is 0 Å². The molecule has 7 atom stereocenters. The van der Waals surface area contributed by atoms with Crippen LogP contribution in [0.2, 0.25) is 0 Å². The topological polar surface area (TPSA) is 29.1 Å². The molecule has 0 amide bonds. The molecule has 0 spiro atoms. The van der Waals surface area contributed by atoms with Crippen LogP contribution in [0.1, 0.15) is 78.6 Å². The molecule has 0 aromatic carbocycles. The fraction of sp³-hybridized carbons (Fsp3) is 0.808. The van der Waals surface area contributed by atoms with E-state index in [0.717, 1.165) is 42.9 Å². The molecule has 0 radical (unpaired) electrons. The summed E-state index contributed by atoms with van der Waals surface area (Å²) in [6.07, 6.45) is 15.9. The Labute approximate surface area is 171 Å². The minimum absolute atomic E-state index is 0.292. The Kier molecular flexibility index (Phi) is 4.66. The molecule has 3 fully saturated rings. The van der Waals surface area contributed by atoms with Crippen molar-refractivity contribution in [3.8, 4) is 0 Å². The summed E-state index contributed by atoms with van der Waals surface area (Å²) in [7, 11) is 0. The number of carbonyl (C=O) groups is 1. The Morgan fingerprint density at radius 2 is 2.00 bits per heavy atom. The molecule has 1 unspecified atom stereocenters. The summed E-state index contributed by atoms with van der Waals surface area (Å²) < 4.78 is 0. The van der Waals surface area contributed by atoms with Crippen LogP contribution in [0.3, 0.4) is 0 Å². The van der Waals surface area contributed by atoms with Crippen molar-refractivity contribution in [2.24, 2.45) is 40.4 Å². The highest BCUT2D eigenvalue weighted by atomic mass is 16.1. The van der Waals surface area contributed by atoms with E-state index in [1.165, 1.54) is 57.2 Å². The van der Waals surface area contributed by atoms with Crippen LogP contribution in [-0.2, 0) is 4.79 Å². The third-order valence-electron chi connectivity index (χ3n) is 9.95. The highest BCUT2D eigenvalue weighted by molar-refractivity contribution is 5.82. The fourth-order valence-electron chi connectivity index (χ4n) is 8.39. The van der Waals surface area contributed by atoms with Crippen molar-refractivity contribution in [1.82, 2.24) is 5.32 Å². The van der Waals surface area contributed by atoms with Gasteiger partial charge in [-0.2, -0.15) is 0 Å². The third-order valence-corrected chi connectivity index (χ3v) is 9.95. The molecule has 28 heavy (non-hydrogen) atoms. The van der Waals surface area contributed by atoms with E-state index in [1.54, 1.807) is 0 Å². The van der Waals surface area contributed by atoms with E-state index in [-0.39, 0.29) is 0 Å². The number of fused-ring (bicyclic) bond motifs is 5. The Balaban J connectivity index is 1.49. The molecule has 154 valence electrons. The number of nitrogens with one attached hydrogen (secondary N) is 1. The standard InChI is InChI=1S/C26H39NO/c1-4-17-14-19-15-20(28)9-11-25(19,2)23-10-12-26(3)21(7-8-22(26)24(17)23)18-6-5-13-27-16-18/h7,14,17-18,22-24,27H,4-6,8-13,15-16H2,1-3H3/t17-,18?,22+,23+,24+,25+,26-/m1/s1. The van der Waals surface area contributed by atoms with Crippen LogP contribution in [0.25, 0.3) is 0 Å². The molecule has 1 N–H and O–H groups in total. The maximum atomic E-state index is 12.2. The molecule has 1 heterocycles. The zero-order chi connectivity index (χ0) is 19.5. The van der Waals surface area contributed by atoms with Gasteiger partial charge in [0.2, 0.25) is 0 Å². The average Bonchev–Trinajstić information content (AvgIpc) is 3.06. The van der Waals surface area contributed by atoms with E-state index in [0.29, 0.717) is 22.5 Å². The average molecular weight is 382 g/mol. The van der Waals surface area contributed by atoms with Gasteiger partial charge in [-0.25, -0.2) is 0 Å². The van der Waals surface area contributed by atoms with E-state index < -0.39 is 0 Å². The molecule has 0 aromatic rings. The summed E-state index contributed by atoms with van der Waals surface area (Å²) in [6.45, 7) is 9.93. The van der Waals surface area contributed by atoms with Crippen LogP contribution in [0.5, 0.6) is 0 Å². The maximum Gasteiger partial charge on any atom is 0.136 e. The van der Waals surface area contributed by atoms with Gasteiger partial charge in [0.1, 0.15) is 5.78 Å². The Bertz CT molecular complexity index is 714. The van der Waals surface area contributed by atoms with Crippen molar-refractivity contribution in [2.75, 3.05) is 13.1 Å². The van der Waals surface area contributed by atoms with Crippen LogP contribution in [0.15, 0.2) is 23.3 Å². The number of Topliss-reactive ketones (excluding diaryl/α,β-unsaturated/α-hetero) is 1. The molecule has 5 aliphatic rings. The van der Waals surface area contributed by atoms with Gasteiger partial charge in [0.05, 0.1) is 0 Å². The predicted molar refractivity (Wildman–Crippen MR) is 115 cm³/mol. The van der Waals surface area contributed by atoms with Gasteiger partial charge in [0, 0.05) is 19.4 Å². The zero-order valence-corrected chi connectivity index (χ0v) is 18.2. The second-order valence-electron chi connectivity index (χ2n) is 11.1. The van der Waals surface area contributed by atoms with Crippen molar-refractivity contribution in [2.45, 2.75) is 78.6 Å². The number of carbonyl (C=O) groups excluding carboxylic acids is 1. The molecule has 4 aliphatic carbocycles. The number of hydrogen-bond donors (Lipinski definition) is 1. The van der Waals surface area contributed by atoms with Crippen molar-refractivity contribution in [3.05, 3.63) is 23.3 Å². The molecule has 1 saturated heterocycles. The van der Waals surface area contributed by atoms with E-state index in [2.05, 4.69) is 38.2 Å². The van der Waals surface area contributed by atoms with Crippen LogP contribution in [-0.4, -0.2) is 18.9 Å². The number of rotatable bonds is 2. The summed E-state index contributed by atoms with van der Waals surface area (Å²) >= 11 is 0. The lowest BCUT2D eigenvalue weighted by Crippen LogP contribution is -2.53. The molecule has 1 aliphatic heterocycles. The van der Waals surface area contributed by atoms with E-state index in [1.807, 2.05) is 5.57 Å². The quantitative estimate of drug-likeness (QED) is 0.623. The molecule has 2 saturated carbocycles. The third kappa shape index (κ3) is 2.66. The van der Waals surface area contributed by atoms with Gasteiger partial charge in [0.25, 0.3) is 0 Å². The first kappa shape index (κ1) is 19.1. The Hall–Kier alpha value is -0.890. The Morgan fingerprint density at radius 3 is 2.75 bits per heavy atom. The van der Waals surface area contributed by atoms with Gasteiger partial charge < -0.3 is 5.32 Å². The highest BCUT2D eigenvalue weighted by Gasteiger charge is 2.59. The second kappa shape index (κ2) is 6.83. The van der Waals surface area contributed by atoms with Crippen molar-refractivity contribution < 1.29 is 4.79 Å². The van der Waals surface area contributed by atoms with Crippen LogP contribution >= 0.6 is 0 Å². The minimum Gasteiger partial charge on any atom is -0.316 e. The first-order chi connectivity index (χ1) is 13.5. The SMILES string of the molecule is CC[C@@H]1C=C2CC(=O)CC[C@]2(C)[C@H]2CC[C@]3(C)C(C4CCCNC4)=CC[C@H]3[C@H]12. The van der Waals surface area contributed by atoms with E-state index in [9.17, 15) is 4.79 Å². The lowest BCUT2D eigenvalue weighted by molar-refractivity contribution is -0.122. The summed E-state index contributed by atoms with van der Waals surface area (Å²) in [4.78, 5) is 12.2. The van der Waals surface area contributed by atoms with Crippen molar-refractivity contribution in [1.29, 1.82) is 0 Å². The van der Waals surface area contributed by atoms with Gasteiger partial charge in [-0.3, -0.25) is 4.79 Å². The lowest BCUT2D eigenvalue weighted by atomic mass is 9.45. The highest BCUT2D eigenvalue weighted by Crippen LogP contribution is 2.67. The smallest absolute Gasteiger partial charge is 0.136 e. The monoisotopic (exact) mass is 381 g/mol. The molecule has 5 rings (SSSR count). The van der Waals surface area contributed by atoms with Crippen LogP contribution in [0.4, 0.5) is 0 Å². The van der Waals surface area contributed by atoms with Crippen LogP contribution < -0.4 is 5.32 Å². The largest absolute Gasteiger partial charge is 0.316 e. The van der Waals surface area contributed by atoms with Gasteiger partial charge in [0.15, 0.2) is 0 Å². The molecule has 0 bridgehead atoms. The molecule has 2 heteroatoms. The number of piperidine rings is 1. The van der Waals surface area contributed by atoms with Gasteiger partial charge >= 0.3 is 0 Å². The predicted octanol–water partition coefficient (Wildman–Crippen LogP) is 5.69. The fourth-order valence-corrected chi connectivity index (χ4v) is 8.39. The van der Waals surface area contributed by atoms with Crippen LogP contribution in [0, 0.1) is 40.4 Å². The maximum absolute atomic E-state index is 12.2. The summed E-state index contributed by atoms with van der Waals surface area (Å²) in [5, 5.41) is 3.67. The normalized spacial score (nSPS) is 48.2. The van der Waals surface area contributed by atoms with Gasteiger partial charge in [-0.15, -0.1) is 0 Å². The zero-order valence-electron chi connectivity index (χ0n) is 18.2. The minimum atomic E-state index is 0.292. The summed E-state index contributed by atoms with van der Waals surface area (Å²) in [6, 6.07) is 0. The van der Waals surface area contributed by atoms with Gasteiger partial charge in [-0.05, 0) is 91.9 Å². The molecule has 2 nitrogen and oxygen atoms in total. The molecular weight excluding hydrogens is 342 g/mol. The number of hydrogen-bond acceptors (Lipinski definition) is 2. The number of allylic oxidation sites excluding steroid dienone is 3. The molecule has 0 aromatic heterocycles. The summed E-state index contributed by atoms with van der Waals surface area (Å²) in [5.74, 6) is 4.36. The lowest BCUT2D eigenvalue weighted by Gasteiger charge is -2.59. The second-order valence-corrected chi connectivity index (χ2v) is 11.1. The Morgan fingerprint density at radius 1 is 1.14 bits per heavy atom. The number of ketones is 1.